The van der Waals surface area contributed by atoms with Crippen LogP contribution in [0.4, 0.5) is 0 Å². The lowest BCUT2D eigenvalue weighted by molar-refractivity contribution is 0.419. The Morgan fingerprint density at radius 3 is 2.83 bits per heavy atom. The molecule has 90 valence electrons. The average molecular weight is 240 g/mol. The van der Waals surface area contributed by atoms with Crippen molar-refractivity contribution in [1.29, 1.82) is 0 Å². The first-order chi connectivity index (χ1) is 8.70. The van der Waals surface area contributed by atoms with Crippen molar-refractivity contribution in [3.05, 3.63) is 52.4 Å². The van der Waals surface area contributed by atoms with Crippen LogP contribution in [0, 0.1) is 6.92 Å². The third-order valence-corrected chi connectivity index (χ3v) is 2.97. The van der Waals surface area contributed by atoms with Crippen LogP contribution in [0.1, 0.15) is 5.56 Å². The van der Waals surface area contributed by atoms with E-state index >= 15 is 0 Å². The van der Waals surface area contributed by atoms with Crippen LogP contribution in [0.15, 0.2) is 41.3 Å². The predicted octanol–water partition coefficient (Wildman–Crippen LogP) is 2.16. The number of aromatic nitrogens is 2. The zero-order valence-electron chi connectivity index (χ0n) is 10.2. The fraction of sp³-hybridized carbons (Fsp3) is 0.143. The number of fused-ring (bicyclic) bond motifs is 2. The van der Waals surface area contributed by atoms with Crippen LogP contribution >= 0.6 is 0 Å². The zero-order chi connectivity index (χ0) is 12.7. The van der Waals surface area contributed by atoms with Gasteiger partial charge < -0.3 is 4.74 Å². The van der Waals surface area contributed by atoms with Crippen LogP contribution in [-0.2, 0) is 0 Å². The number of ether oxygens (including phenoxy) is 1. The second-order valence-electron chi connectivity index (χ2n) is 4.21. The molecule has 4 heteroatoms. The normalized spacial score (nSPS) is 11.0. The minimum atomic E-state index is -0.101. The molecule has 0 spiro atoms. The molecule has 0 aliphatic heterocycles. The summed E-state index contributed by atoms with van der Waals surface area (Å²) >= 11 is 0. The highest BCUT2D eigenvalue weighted by Gasteiger charge is 2.09. The standard InChI is InChI=1S/C14H12N2O2/c1-9-6-7-12-15-10-4-3-5-11(18-2)13(10)14(17)16(12)8-9/h3-8H,1-2H3. The molecule has 2 heterocycles. The van der Waals surface area contributed by atoms with E-state index in [0.29, 0.717) is 22.3 Å². The number of pyridine rings is 1. The van der Waals surface area contributed by atoms with Gasteiger partial charge in [-0.25, -0.2) is 4.98 Å². The highest BCUT2D eigenvalue weighted by Crippen LogP contribution is 2.20. The molecule has 4 nitrogen and oxygen atoms in total. The lowest BCUT2D eigenvalue weighted by atomic mass is 10.2. The summed E-state index contributed by atoms with van der Waals surface area (Å²) in [4.78, 5) is 16.9. The maximum absolute atomic E-state index is 12.5. The van der Waals surface area contributed by atoms with Crippen molar-refractivity contribution in [2.45, 2.75) is 6.92 Å². The number of aryl methyl sites for hydroxylation is 1. The van der Waals surface area contributed by atoms with Crippen molar-refractivity contribution in [3.63, 3.8) is 0 Å². The van der Waals surface area contributed by atoms with E-state index < -0.39 is 0 Å². The first-order valence-corrected chi connectivity index (χ1v) is 5.66. The first kappa shape index (κ1) is 10.8. The fourth-order valence-corrected chi connectivity index (χ4v) is 2.09. The Labute approximate surface area is 103 Å². The van der Waals surface area contributed by atoms with Crippen molar-refractivity contribution in [1.82, 2.24) is 9.38 Å². The van der Waals surface area contributed by atoms with Gasteiger partial charge in [0, 0.05) is 6.20 Å². The average Bonchev–Trinajstić information content (AvgIpc) is 2.39. The molecule has 1 aromatic carbocycles. The smallest absolute Gasteiger partial charge is 0.269 e. The molecule has 0 aliphatic rings. The lowest BCUT2D eigenvalue weighted by Gasteiger charge is -2.07. The van der Waals surface area contributed by atoms with E-state index in [1.54, 1.807) is 23.8 Å². The molecular weight excluding hydrogens is 228 g/mol. The Kier molecular flexibility index (Phi) is 2.30. The molecule has 0 saturated heterocycles. The molecule has 0 unspecified atom stereocenters. The van der Waals surface area contributed by atoms with Gasteiger partial charge in [0.15, 0.2) is 0 Å². The second kappa shape index (κ2) is 3.84. The van der Waals surface area contributed by atoms with E-state index in [1.165, 1.54) is 0 Å². The van der Waals surface area contributed by atoms with Crippen LogP contribution in [0.3, 0.4) is 0 Å². The maximum Gasteiger partial charge on any atom is 0.269 e. The molecule has 0 radical (unpaired) electrons. The molecule has 0 bridgehead atoms. The molecule has 2 aromatic heterocycles. The van der Waals surface area contributed by atoms with E-state index in [-0.39, 0.29) is 5.56 Å². The molecule has 0 aliphatic carbocycles. The van der Waals surface area contributed by atoms with E-state index in [4.69, 9.17) is 4.74 Å². The van der Waals surface area contributed by atoms with Crippen molar-refractivity contribution in [2.24, 2.45) is 0 Å². The molecule has 18 heavy (non-hydrogen) atoms. The molecular formula is C14H12N2O2. The minimum Gasteiger partial charge on any atom is -0.496 e. The Morgan fingerprint density at radius 2 is 2.06 bits per heavy atom. The van der Waals surface area contributed by atoms with Gasteiger partial charge in [-0.05, 0) is 30.7 Å². The van der Waals surface area contributed by atoms with Crippen LogP contribution in [0.2, 0.25) is 0 Å². The molecule has 0 N–H and O–H groups in total. The molecule has 0 amide bonds. The molecule has 0 atom stereocenters. The summed E-state index contributed by atoms with van der Waals surface area (Å²) in [6.07, 6.45) is 1.79. The van der Waals surface area contributed by atoms with E-state index in [9.17, 15) is 4.79 Å². The van der Waals surface area contributed by atoms with Gasteiger partial charge >= 0.3 is 0 Å². The van der Waals surface area contributed by atoms with Gasteiger partial charge in [0.05, 0.1) is 12.6 Å². The Morgan fingerprint density at radius 1 is 1.22 bits per heavy atom. The van der Waals surface area contributed by atoms with Crippen LogP contribution in [0.25, 0.3) is 16.6 Å². The number of hydrogen-bond acceptors (Lipinski definition) is 3. The Bertz CT molecular complexity index is 806. The van der Waals surface area contributed by atoms with Gasteiger partial charge in [0.1, 0.15) is 16.8 Å². The summed E-state index contributed by atoms with van der Waals surface area (Å²) in [6.45, 7) is 1.94. The first-order valence-electron chi connectivity index (χ1n) is 5.66. The summed E-state index contributed by atoms with van der Waals surface area (Å²) in [5.41, 5.74) is 2.21. The van der Waals surface area contributed by atoms with Gasteiger partial charge in [-0.3, -0.25) is 9.20 Å². The highest BCUT2D eigenvalue weighted by molar-refractivity contribution is 5.85. The molecule has 0 saturated carbocycles. The quantitative estimate of drug-likeness (QED) is 0.612. The Hall–Kier alpha value is -2.36. The third-order valence-electron chi connectivity index (χ3n) is 2.97. The van der Waals surface area contributed by atoms with Crippen molar-refractivity contribution in [3.8, 4) is 5.75 Å². The predicted molar refractivity (Wildman–Crippen MR) is 70.3 cm³/mol. The van der Waals surface area contributed by atoms with E-state index in [1.807, 2.05) is 31.2 Å². The number of rotatable bonds is 1. The van der Waals surface area contributed by atoms with Crippen molar-refractivity contribution in [2.75, 3.05) is 7.11 Å². The van der Waals surface area contributed by atoms with Gasteiger partial charge in [0.2, 0.25) is 0 Å². The van der Waals surface area contributed by atoms with Gasteiger partial charge in [-0.1, -0.05) is 12.1 Å². The molecule has 0 fully saturated rings. The summed E-state index contributed by atoms with van der Waals surface area (Å²) in [5, 5.41) is 0.517. The van der Waals surface area contributed by atoms with Crippen LogP contribution in [0.5, 0.6) is 5.75 Å². The highest BCUT2D eigenvalue weighted by atomic mass is 16.5. The summed E-state index contributed by atoms with van der Waals surface area (Å²) in [5.74, 6) is 0.556. The SMILES string of the molecule is COc1cccc2nc3ccc(C)cn3c(=O)c12. The largest absolute Gasteiger partial charge is 0.496 e. The molecule has 3 rings (SSSR count). The zero-order valence-corrected chi connectivity index (χ0v) is 10.2. The lowest BCUT2D eigenvalue weighted by Crippen LogP contribution is -2.16. The van der Waals surface area contributed by atoms with E-state index in [2.05, 4.69) is 4.98 Å². The number of methoxy groups -OCH3 is 1. The van der Waals surface area contributed by atoms with Gasteiger partial charge in [-0.2, -0.15) is 0 Å². The summed E-state index contributed by atoms with van der Waals surface area (Å²) in [6, 6.07) is 9.20. The summed E-state index contributed by atoms with van der Waals surface area (Å²) < 4.78 is 6.79. The number of benzene rings is 1. The number of nitrogens with zero attached hydrogens (tertiary/aromatic N) is 2. The third kappa shape index (κ3) is 1.46. The maximum atomic E-state index is 12.5. The minimum absolute atomic E-state index is 0.101. The topological polar surface area (TPSA) is 43.6 Å². The van der Waals surface area contributed by atoms with Crippen molar-refractivity contribution >= 4 is 16.6 Å². The fourth-order valence-electron chi connectivity index (χ4n) is 2.09. The van der Waals surface area contributed by atoms with Crippen LogP contribution in [-0.4, -0.2) is 16.5 Å². The number of hydrogen-bond donors (Lipinski definition) is 0. The van der Waals surface area contributed by atoms with Gasteiger partial charge in [-0.15, -0.1) is 0 Å². The summed E-state index contributed by atoms with van der Waals surface area (Å²) in [7, 11) is 1.55. The second-order valence-corrected chi connectivity index (χ2v) is 4.21. The Balaban J connectivity index is 2.58. The van der Waals surface area contributed by atoms with Crippen molar-refractivity contribution < 1.29 is 4.74 Å². The molecule has 3 aromatic rings. The van der Waals surface area contributed by atoms with E-state index in [0.717, 1.165) is 5.56 Å². The van der Waals surface area contributed by atoms with Gasteiger partial charge in [0.25, 0.3) is 5.56 Å². The monoisotopic (exact) mass is 240 g/mol. The van der Waals surface area contributed by atoms with Crippen LogP contribution < -0.4 is 10.3 Å².